The second-order valence-electron chi connectivity index (χ2n) is 4.79. The zero-order valence-electron chi connectivity index (χ0n) is 12.6. The number of carbonyl (C=O) groups is 2. The van der Waals surface area contributed by atoms with Crippen LogP contribution in [0, 0.1) is 0 Å². The van der Waals surface area contributed by atoms with Crippen LogP contribution in [0.2, 0.25) is 10.0 Å². The number of rotatable bonds is 5. The van der Waals surface area contributed by atoms with Gasteiger partial charge in [-0.15, -0.1) is 11.3 Å². The maximum Gasteiger partial charge on any atom is 0.325 e. The molecule has 7 heteroatoms. The van der Waals surface area contributed by atoms with Crippen molar-refractivity contribution >= 4 is 46.4 Å². The van der Waals surface area contributed by atoms with Crippen molar-refractivity contribution in [3.8, 4) is 10.4 Å². The third-order valence-corrected chi connectivity index (χ3v) is 4.54. The van der Waals surface area contributed by atoms with Gasteiger partial charge in [0, 0.05) is 22.0 Å². The molecule has 0 spiro atoms. The molecule has 0 bridgehead atoms. The van der Waals surface area contributed by atoms with Crippen molar-refractivity contribution in [1.29, 1.82) is 0 Å². The second-order valence-corrected chi connectivity index (χ2v) is 6.74. The Morgan fingerprint density at radius 1 is 1.17 bits per heavy atom. The maximum absolute atomic E-state index is 12.3. The van der Waals surface area contributed by atoms with E-state index in [0.29, 0.717) is 21.5 Å². The van der Waals surface area contributed by atoms with Gasteiger partial charge in [0.1, 0.15) is 6.54 Å². The van der Waals surface area contributed by atoms with Crippen LogP contribution in [0.5, 0.6) is 0 Å². The number of likely N-dealkylation sites (N-methyl/N-ethyl adjacent to an activating group) is 1. The van der Waals surface area contributed by atoms with E-state index in [9.17, 15) is 9.59 Å². The maximum atomic E-state index is 12.3. The molecular formula is C16H15Cl2NO3S. The Morgan fingerprint density at radius 2 is 1.83 bits per heavy atom. The van der Waals surface area contributed by atoms with Gasteiger partial charge in [-0.25, -0.2) is 0 Å². The van der Waals surface area contributed by atoms with Gasteiger partial charge in [0.25, 0.3) is 5.91 Å². The molecule has 1 aromatic heterocycles. The quantitative estimate of drug-likeness (QED) is 0.733. The lowest BCUT2D eigenvalue weighted by atomic mass is 10.2. The summed E-state index contributed by atoms with van der Waals surface area (Å²) in [5.74, 6) is -0.663. The molecule has 0 aliphatic rings. The number of benzene rings is 1. The van der Waals surface area contributed by atoms with Gasteiger partial charge in [0.2, 0.25) is 0 Å². The molecule has 4 nitrogen and oxygen atoms in total. The van der Waals surface area contributed by atoms with E-state index in [1.807, 2.05) is 6.07 Å². The van der Waals surface area contributed by atoms with Crippen molar-refractivity contribution in [1.82, 2.24) is 4.90 Å². The average Bonchev–Trinajstić information content (AvgIpc) is 2.95. The van der Waals surface area contributed by atoms with Gasteiger partial charge in [-0.3, -0.25) is 9.59 Å². The summed E-state index contributed by atoms with van der Waals surface area (Å²) in [7, 11) is 1.56. The Bertz CT molecular complexity index is 710. The predicted octanol–water partition coefficient (Wildman–Crippen LogP) is 4.36. The third-order valence-electron chi connectivity index (χ3n) is 2.98. The van der Waals surface area contributed by atoms with E-state index in [2.05, 4.69) is 0 Å². The Balaban J connectivity index is 2.15. The predicted molar refractivity (Wildman–Crippen MR) is 93.4 cm³/mol. The van der Waals surface area contributed by atoms with Gasteiger partial charge in [-0.2, -0.15) is 0 Å². The Morgan fingerprint density at radius 3 is 2.43 bits per heavy atom. The number of halogens is 2. The van der Waals surface area contributed by atoms with Crippen LogP contribution in [0.1, 0.15) is 16.6 Å². The van der Waals surface area contributed by atoms with Gasteiger partial charge in [-0.05, 0) is 42.8 Å². The molecule has 0 atom stereocenters. The van der Waals surface area contributed by atoms with E-state index in [1.54, 1.807) is 38.2 Å². The molecule has 0 unspecified atom stereocenters. The largest absolute Gasteiger partial charge is 0.465 e. The number of hydrogen-bond acceptors (Lipinski definition) is 4. The number of carbonyl (C=O) groups excluding carboxylic acids is 2. The van der Waals surface area contributed by atoms with Crippen LogP contribution in [0.25, 0.3) is 10.4 Å². The van der Waals surface area contributed by atoms with Gasteiger partial charge in [0.05, 0.1) is 11.5 Å². The minimum absolute atomic E-state index is 0.0805. The first kappa shape index (κ1) is 17.8. The first-order valence-corrected chi connectivity index (χ1v) is 8.45. The van der Waals surface area contributed by atoms with Gasteiger partial charge < -0.3 is 9.64 Å². The van der Waals surface area contributed by atoms with Crippen LogP contribution in [0.3, 0.4) is 0 Å². The van der Waals surface area contributed by atoms with Crippen LogP contribution >= 0.6 is 34.5 Å². The monoisotopic (exact) mass is 371 g/mol. The topological polar surface area (TPSA) is 46.6 Å². The Hall–Kier alpha value is -1.56. The first-order chi connectivity index (χ1) is 10.9. The first-order valence-electron chi connectivity index (χ1n) is 6.88. The number of amides is 1. The van der Waals surface area contributed by atoms with Crippen molar-refractivity contribution in [2.45, 2.75) is 6.92 Å². The van der Waals surface area contributed by atoms with E-state index in [1.165, 1.54) is 16.2 Å². The average molecular weight is 372 g/mol. The second kappa shape index (κ2) is 7.81. The van der Waals surface area contributed by atoms with E-state index in [-0.39, 0.29) is 12.5 Å². The highest BCUT2D eigenvalue weighted by atomic mass is 35.5. The van der Waals surface area contributed by atoms with Crippen LogP contribution in [0.15, 0.2) is 30.3 Å². The highest BCUT2D eigenvalue weighted by molar-refractivity contribution is 7.17. The number of nitrogens with zero attached hydrogens (tertiary/aromatic N) is 1. The summed E-state index contributed by atoms with van der Waals surface area (Å²) in [6.45, 7) is 1.93. The minimum atomic E-state index is -0.429. The fraction of sp³-hybridized carbons (Fsp3) is 0.250. The smallest absolute Gasteiger partial charge is 0.325 e. The molecule has 23 heavy (non-hydrogen) atoms. The Labute approximate surface area is 148 Å². The molecule has 0 aliphatic carbocycles. The zero-order valence-corrected chi connectivity index (χ0v) is 15.0. The zero-order chi connectivity index (χ0) is 17.0. The van der Waals surface area contributed by atoms with Gasteiger partial charge in [-0.1, -0.05) is 23.2 Å². The summed E-state index contributed by atoms with van der Waals surface area (Å²) < 4.78 is 4.84. The molecular weight excluding hydrogens is 357 g/mol. The lowest BCUT2D eigenvalue weighted by Crippen LogP contribution is -2.32. The molecule has 2 rings (SSSR count). The SMILES string of the molecule is CCOC(=O)CN(C)C(=O)c1ccc(-c2cc(Cl)cc(Cl)c2)s1. The Kier molecular flexibility index (Phi) is 6.04. The molecule has 122 valence electrons. The third kappa shape index (κ3) is 4.70. The standard InChI is InChI=1S/C16H15Cl2NO3S/c1-3-22-15(20)9-19(2)16(21)14-5-4-13(23-14)10-6-11(17)8-12(18)7-10/h4-8H,3,9H2,1-2H3. The summed E-state index contributed by atoms with van der Waals surface area (Å²) >= 11 is 13.3. The number of esters is 1. The number of thiophene rings is 1. The lowest BCUT2D eigenvalue weighted by molar-refractivity contribution is -0.143. The number of hydrogen-bond donors (Lipinski definition) is 0. The van der Waals surface area contributed by atoms with Crippen molar-refractivity contribution in [3.05, 3.63) is 45.3 Å². The highest BCUT2D eigenvalue weighted by Gasteiger charge is 2.18. The number of ether oxygens (including phenoxy) is 1. The van der Waals surface area contributed by atoms with Crippen molar-refractivity contribution in [3.63, 3.8) is 0 Å². The lowest BCUT2D eigenvalue weighted by Gasteiger charge is -2.14. The molecule has 0 aliphatic heterocycles. The van der Waals surface area contributed by atoms with Gasteiger partial charge >= 0.3 is 5.97 Å². The highest BCUT2D eigenvalue weighted by Crippen LogP contribution is 2.32. The summed E-state index contributed by atoms with van der Waals surface area (Å²) in [5.41, 5.74) is 0.847. The van der Waals surface area contributed by atoms with Crippen LogP contribution < -0.4 is 0 Å². The fourth-order valence-corrected chi connectivity index (χ4v) is 3.48. The summed E-state index contributed by atoms with van der Waals surface area (Å²) in [6.07, 6.45) is 0. The minimum Gasteiger partial charge on any atom is -0.465 e. The molecule has 1 amide bonds. The molecule has 0 saturated carbocycles. The molecule has 0 fully saturated rings. The van der Waals surface area contributed by atoms with Crippen molar-refractivity contribution in [2.24, 2.45) is 0 Å². The summed E-state index contributed by atoms with van der Waals surface area (Å²) in [4.78, 5) is 26.5. The molecule has 1 aromatic carbocycles. The van der Waals surface area contributed by atoms with Crippen molar-refractivity contribution in [2.75, 3.05) is 20.2 Å². The van der Waals surface area contributed by atoms with Gasteiger partial charge in [0.15, 0.2) is 0 Å². The molecule has 1 heterocycles. The van der Waals surface area contributed by atoms with Crippen LogP contribution in [0.4, 0.5) is 0 Å². The fourth-order valence-electron chi connectivity index (χ4n) is 1.96. The molecule has 2 aromatic rings. The summed E-state index contributed by atoms with van der Waals surface area (Å²) in [6, 6.07) is 8.78. The van der Waals surface area contributed by atoms with E-state index in [4.69, 9.17) is 27.9 Å². The van der Waals surface area contributed by atoms with Crippen LogP contribution in [-0.4, -0.2) is 37.0 Å². The van der Waals surface area contributed by atoms with Crippen molar-refractivity contribution < 1.29 is 14.3 Å². The molecule has 0 N–H and O–H groups in total. The molecule has 0 radical (unpaired) electrons. The molecule has 0 saturated heterocycles. The summed E-state index contributed by atoms with van der Waals surface area (Å²) in [5, 5.41) is 1.07. The van der Waals surface area contributed by atoms with E-state index >= 15 is 0 Å². The normalized spacial score (nSPS) is 10.4. The van der Waals surface area contributed by atoms with Crippen LogP contribution in [-0.2, 0) is 9.53 Å². The van der Waals surface area contributed by atoms with E-state index < -0.39 is 5.97 Å². The van der Waals surface area contributed by atoms with E-state index in [0.717, 1.165) is 10.4 Å².